The van der Waals surface area contributed by atoms with Crippen molar-refractivity contribution >= 4 is 0 Å². The number of pyridine rings is 1. The molecule has 1 aromatic heterocycles. The third-order valence-electron chi connectivity index (χ3n) is 3.48. The zero-order valence-electron chi connectivity index (χ0n) is 12.1. The zero-order valence-corrected chi connectivity index (χ0v) is 12.1. The highest BCUT2D eigenvalue weighted by molar-refractivity contribution is 5.62. The second-order valence-corrected chi connectivity index (χ2v) is 4.68. The van der Waals surface area contributed by atoms with E-state index in [0.29, 0.717) is 12.1 Å². The lowest BCUT2D eigenvalue weighted by Gasteiger charge is -2.14. The summed E-state index contributed by atoms with van der Waals surface area (Å²) in [5.41, 5.74) is 9.17. The molecule has 0 unspecified atom stereocenters. The molecule has 0 saturated carbocycles. The Balaban J connectivity index is 2.61. The molecule has 0 aliphatic heterocycles. The number of methoxy groups -OCH3 is 1. The van der Waals surface area contributed by atoms with E-state index >= 15 is 0 Å². The Labute approximate surface area is 118 Å². The Morgan fingerprint density at radius 3 is 2.55 bits per heavy atom. The molecule has 4 heteroatoms. The first kappa shape index (κ1) is 14.3. The van der Waals surface area contributed by atoms with Gasteiger partial charge in [0.2, 0.25) is 0 Å². The van der Waals surface area contributed by atoms with Crippen LogP contribution < -0.4 is 16.0 Å². The lowest BCUT2D eigenvalue weighted by Crippen LogP contribution is -2.25. The van der Waals surface area contributed by atoms with Crippen molar-refractivity contribution in [2.24, 2.45) is 5.73 Å². The van der Waals surface area contributed by atoms with Gasteiger partial charge in [0.15, 0.2) is 0 Å². The average molecular weight is 272 g/mol. The molecule has 1 aromatic carbocycles. The number of aromatic nitrogens is 1. The van der Waals surface area contributed by atoms with Crippen LogP contribution in [0.5, 0.6) is 5.75 Å². The van der Waals surface area contributed by atoms with Crippen LogP contribution in [0.3, 0.4) is 0 Å². The Morgan fingerprint density at radius 2 is 2.00 bits per heavy atom. The number of benzene rings is 1. The van der Waals surface area contributed by atoms with E-state index in [9.17, 15) is 4.79 Å². The maximum atomic E-state index is 12.3. The number of rotatable bonds is 4. The standard InChI is InChI=1S/C16H20N2O2/c1-4-18-14(7-5-13(10-17)16(18)19)12-6-8-15(20-3)11(2)9-12/h5-9H,4,10,17H2,1-3H3. The molecule has 0 fully saturated rings. The van der Waals surface area contributed by atoms with Crippen LogP contribution in [0.1, 0.15) is 18.1 Å². The van der Waals surface area contributed by atoms with Gasteiger partial charge in [-0.1, -0.05) is 6.07 Å². The molecule has 0 amide bonds. The molecule has 0 spiro atoms. The largest absolute Gasteiger partial charge is 0.496 e. The quantitative estimate of drug-likeness (QED) is 0.929. The van der Waals surface area contributed by atoms with E-state index in [1.54, 1.807) is 11.7 Å². The molecule has 0 atom stereocenters. The molecule has 0 bridgehead atoms. The number of aryl methyl sites for hydroxylation is 1. The summed E-state index contributed by atoms with van der Waals surface area (Å²) in [4.78, 5) is 12.3. The summed E-state index contributed by atoms with van der Waals surface area (Å²) in [5, 5.41) is 0. The van der Waals surface area contributed by atoms with Crippen LogP contribution in [0.2, 0.25) is 0 Å². The Hall–Kier alpha value is -2.07. The highest BCUT2D eigenvalue weighted by Crippen LogP contribution is 2.25. The minimum Gasteiger partial charge on any atom is -0.496 e. The second-order valence-electron chi connectivity index (χ2n) is 4.68. The van der Waals surface area contributed by atoms with Crippen molar-refractivity contribution in [1.82, 2.24) is 4.57 Å². The van der Waals surface area contributed by atoms with Gasteiger partial charge in [-0.05, 0) is 49.2 Å². The fourth-order valence-corrected chi connectivity index (χ4v) is 2.38. The maximum Gasteiger partial charge on any atom is 0.255 e. The van der Waals surface area contributed by atoms with Crippen molar-refractivity contribution in [2.45, 2.75) is 26.9 Å². The third-order valence-corrected chi connectivity index (χ3v) is 3.48. The fraction of sp³-hybridized carbons (Fsp3) is 0.312. The van der Waals surface area contributed by atoms with Gasteiger partial charge in [-0.2, -0.15) is 0 Å². The van der Waals surface area contributed by atoms with E-state index in [0.717, 1.165) is 22.6 Å². The van der Waals surface area contributed by atoms with Crippen LogP contribution in [0.15, 0.2) is 35.1 Å². The molecule has 106 valence electrons. The van der Waals surface area contributed by atoms with Gasteiger partial charge in [-0.3, -0.25) is 4.79 Å². The van der Waals surface area contributed by atoms with Crippen LogP contribution >= 0.6 is 0 Å². The van der Waals surface area contributed by atoms with Gasteiger partial charge in [0.05, 0.1) is 12.8 Å². The molecule has 2 N–H and O–H groups in total. The summed E-state index contributed by atoms with van der Waals surface area (Å²) >= 11 is 0. The van der Waals surface area contributed by atoms with Gasteiger partial charge in [0.25, 0.3) is 5.56 Å². The minimum absolute atomic E-state index is 0.0130. The summed E-state index contributed by atoms with van der Waals surface area (Å²) < 4.78 is 7.02. The average Bonchev–Trinajstić information content (AvgIpc) is 2.46. The molecule has 0 aliphatic carbocycles. The van der Waals surface area contributed by atoms with E-state index in [1.165, 1.54) is 0 Å². The topological polar surface area (TPSA) is 57.2 Å². The van der Waals surface area contributed by atoms with E-state index in [1.807, 2.05) is 44.2 Å². The summed E-state index contributed by atoms with van der Waals surface area (Å²) in [6, 6.07) is 9.68. The molecular weight excluding hydrogens is 252 g/mol. The third kappa shape index (κ3) is 2.47. The van der Waals surface area contributed by atoms with Gasteiger partial charge in [0, 0.05) is 18.7 Å². The molecule has 20 heavy (non-hydrogen) atoms. The zero-order chi connectivity index (χ0) is 14.7. The second kappa shape index (κ2) is 5.92. The van der Waals surface area contributed by atoms with Crippen molar-refractivity contribution in [3.05, 3.63) is 51.8 Å². The molecule has 0 aliphatic rings. The van der Waals surface area contributed by atoms with Crippen molar-refractivity contribution in [2.75, 3.05) is 7.11 Å². The lowest BCUT2D eigenvalue weighted by atomic mass is 10.1. The molecule has 2 rings (SSSR count). The van der Waals surface area contributed by atoms with Crippen LogP contribution in [-0.2, 0) is 13.1 Å². The lowest BCUT2D eigenvalue weighted by molar-refractivity contribution is 0.412. The van der Waals surface area contributed by atoms with Crippen molar-refractivity contribution < 1.29 is 4.74 Å². The first-order chi connectivity index (χ1) is 9.62. The number of ether oxygens (including phenoxy) is 1. The predicted octanol–water partition coefficient (Wildman–Crippen LogP) is 2.31. The number of hydrogen-bond donors (Lipinski definition) is 1. The highest BCUT2D eigenvalue weighted by Gasteiger charge is 2.09. The van der Waals surface area contributed by atoms with Crippen LogP contribution in [0, 0.1) is 6.92 Å². The van der Waals surface area contributed by atoms with Crippen molar-refractivity contribution in [1.29, 1.82) is 0 Å². The highest BCUT2D eigenvalue weighted by atomic mass is 16.5. The van der Waals surface area contributed by atoms with Crippen LogP contribution in [-0.4, -0.2) is 11.7 Å². The van der Waals surface area contributed by atoms with Gasteiger partial charge in [0.1, 0.15) is 5.75 Å². The summed E-state index contributed by atoms with van der Waals surface area (Å²) in [5.74, 6) is 0.845. The van der Waals surface area contributed by atoms with Crippen molar-refractivity contribution in [3.8, 4) is 17.0 Å². The Morgan fingerprint density at radius 1 is 1.25 bits per heavy atom. The smallest absolute Gasteiger partial charge is 0.255 e. The van der Waals surface area contributed by atoms with Crippen molar-refractivity contribution in [3.63, 3.8) is 0 Å². The molecule has 4 nitrogen and oxygen atoms in total. The first-order valence-corrected chi connectivity index (χ1v) is 6.70. The van der Waals surface area contributed by atoms with E-state index < -0.39 is 0 Å². The van der Waals surface area contributed by atoms with Gasteiger partial charge >= 0.3 is 0 Å². The summed E-state index contributed by atoms with van der Waals surface area (Å²) in [7, 11) is 1.65. The monoisotopic (exact) mass is 272 g/mol. The van der Waals surface area contributed by atoms with Gasteiger partial charge in [-0.25, -0.2) is 0 Å². The number of nitrogens with two attached hydrogens (primary N) is 1. The van der Waals surface area contributed by atoms with Crippen LogP contribution in [0.4, 0.5) is 0 Å². The molecule has 2 aromatic rings. The minimum atomic E-state index is -0.0130. The van der Waals surface area contributed by atoms with E-state index in [4.69, 9.17) is 10.5 Å². The SMILES string of the molecule is CCn1c(-c2ccc(OC)c(C)c2)ccc(CN)c1=O. The molecule has 0 saturated heterocycles. The van der Waals surface area contributed by atoms with Crippen LogP contribution in [0.25, 0.3) is 11.3 Å². The molecule has 1 heterocycles. The molecular formula is C16H20N2O2. The summed E-state index contributed by atoms with van der Waals surface area (Å²) in [6.45, 7) is 4.83. The number of nitrogens with zero attached hydrogens (tertiary/aromatic N) is 1. The van der Waals surface area contributed by atoms with Gasteiger partial charge < -0.3 is 15.0 Å². The predicted molar refractivity (Wildman–Crippen MR) is 81.0 cm³/mol. The Bertz CT molecular complexity index is 675. The number of hydrogen-bond acceptors (Lipinski definition) is 3. The molecule has 0 radical (unpaired) electrons. The fourth-order valence-electron chi connectivity index (χ4n) is 2.38. The normalized spacial score (nSPS) is 10.6. The van der Waals surface area contributed by atoms with E-state index in [-0.39, 0.29) is 12.1 Å². The first-order valence-electron chi connectivity index (χ1n) is 6.70. The summed E-state index contributed by atoms with van der Waals surface area (Å²) in [6.07, 6.45) is 0. The Kier molecular flexibility index (Phi) is 4.25. The maximum absolute atomic E-state index is 12.3. The van der Waals surface area contributed by atoms with E-state index in [2.05, 4.69) is 0 Å². The van der Waals surface area contributed by atoms with Gasteiger partial charge in [-0.15, -0.1) is 0 Å².